The van der Waals surface area contributed by atoms with Crippen molar-refractivity contribution in [1.29, 1.82) is 0 Å². The largest absolute Gasteiger partial charge is 0.769 e. The third-order valence-corrected chi connectivity index (χ3v) is 0. The summed E-state index contributed by atoms with van der Waals surface area (Å²) in [6.45, 7) is 7.15. The van der Waals surface area contributed by atoms with Crippen molar-refractivity contribution in [1.82, 2.24) is 0 Å². The van der Waals surface area contributed by atoms with Gasteiger partial charge < -0.3 is 4.66 Å². The van der Waals surface area contributed by atoms with E-state index in [0.29, 0.717) is 0 Å². The molecule has 0 fully saturated rings. The Labute approximate surface area is 73.2 Å². The minimum atomic E-state index is -0.486. The van der Waals surface area contributed by atoms with Crippen molar-refractivity contribution in [3.63, 3.8) is 0 Å². The Bertz CT molecular complexity index is 30.4. The molecule has 0 rings (SSSR count). The van der Waals surface area contributed by atoms with Crippen molar-refractivity contribution < 1.29 is 4.66 Å². The first-order valence-corrected chi connectivity index (χ1v) is 9.34. The van der Waals surface area contributed by atoms with Crippen LogP contribution in [0.5, 0.6) is 0 Å². The molecule has 0 bridgehead atoms. The summed E-state index contributed by atoms with van der Waals surface area (Å²) in [5.41, 5.74) is 0. The summed E-state index contributed by atoms with van der Waals surface area (Å²) in [6.07, 6.45) is 0. The van der Waals surface area contributed by atoms with Crippen LogP contribution in [0.15, 0.2) is 0 Å². The van der Waals surface area contributed by atoms with Crippen LogP contribution in [-0.2, 0) is 0 Å². The standard InChI is InChI=1S/C3H9Si.Ca.ClO/c1-4(2)3;;1-2/h1-3H3;;/q;+1;-1. The van der Waals surface area contributed by atoms with Gasteiger partial charge >= 0.3 is 57.6 Å². The van der Waals surface area contributed by atoms with Gasteiger partial charge in [-0.1, -0.05) is 0 Å². The minimum Gasteiger partial charge on any atom is -0.769 e. The van der Waals surface area contributed by atoms with E-state index in [1.54, 1.807) is 0 Å². The van der Waals surface area contributed by atoms with E-state index in [4.69, 9.17) is 4.66 Å². The predicted molar refractivity (Wildman–Crippen MR) is 35.0 cm³/mol. The van der Waals surface area contributed by atoms with Gasteiger partial charge in [0.25, 0.3) is 0 Å². The van der Waals surface area contributed by atoms with Crippen molar-refractivity contribution in [2.45, 2.75) is 19.6 Å². The van der Waals surface area contributed by atoms with Crippen molar-refractivity contribution >= 4 is 49.8 Å². The van der Waals surface area contributed by atoms with Gasteiger partial charge in [-0.15, -0.1) is 0 Å². The van der Waals surface area contributed by atoms with Crippen LogP contribution in [0.2, 0.25) is 19.6 Å². The van der Waals surface area contributed by atoms with Gasteiger partial charge in [0.2, 0.25) is 0 Å². The van der Waals surface area contributed by atoms with Gasteiger partial charge in [0.15, 0.2) is 0 Å². The zero-order chi connectivity index (χ0) is 6.50. The van der Waals surface area contributed by atoms with Crippen LogP contribution >= 0.6 is 11.9 Å². The molecule has 0 aromatic carbocycles. The monoisotopic (exact) mass is 164 g/mol. The molecule has 0 unspecified atom stereocenters. The molecule has 0 saturated carbocycles. The number of hydrogen-bond acceptors (Lipinski definition) is 1. The molecular weight excluding hydrogens is 156 g/mol. The second-order valence-electron chi connectivity index (χ2n) is 2.56. The quantitative estimate of drug-likeness (QED) is 0.478. The van der Waals surface area contributed by atoms with E-state index in [2.05, 4.69) is 31.5 Å². The maximum Gasteiger partial charge on any atom is -0.231 e. The van der Waals surface area contributed by atoms with Crippen molar-refractivity contribution in [3.05, 3.63) is 0 Å². The van der Waals surface area contributed by atoms with Crippen LogP contribution in [0.3, 0.4) is 0 Å². The molecule has 0 saturated heterocycles. The summed E-state index contributed by atoms with van der Waals surface area (Å²) in [5, 5.41) is 0. The Morgan fingerprint density at radius 1 is 1.29 bits per heavy atom. The second-order valence-corrected chi connectivity index (χ2v) is 17.6. The molecule has 0 N–H and O–H groups in total. The maximum absolute atomic E-state index is 7.72. The van der Waals surface area contributed by atoms with Gasteiger partial charge in [0.05, 0.1) is 0 Å². The SMILES string of the molecule is C[Si](C)(C)[Ca+].[O-]Cl. The molecular formula is C3H9CaClOSi. The summed E-state index contributed by atoms with van der Waals surface area (Å²) in [4.78, 5) is 0. The van der Waals surface area contributed by atoms with Gasteiger partial charge in [0.1, 0.15) is 0 Å². The van der Waals surface area contributed by atoms with E-state index in [-0.39, 0.29) is 0 Å². The van der Waals surface area contributed by atoms with Crippen molar-refractivity contribution in [3.8, 4) is 0 Å². The fourth-order valence-electron chi connectivity index (χ4n) is 0. The Morgan fingerprint density at radius 3 is 1.29 bits per heavy atom. The second kappa shape index (κ2) is 5.86. The molecule has 0 aliphatic rings. The molecule has 0 aromatic heterocycles. The van der Waals surface area contributed by atoms with Crippen LogP contribution < -0.4 is 4.66 Å². The average Bonchev–Trinajstić information content (AvgIpc) is 1.36. The Balaban J connectivity index is 0. The molecule has 0 radical (unpaired) electrons. The molecule has 0 atom stereocenters. The summed E-state index contributed by atoms with van der Waals surface area (Å²) < 4.78 is 7.24. The summed E-state index contributed by atoms with van der Waals surface area (Å²) >= 11 is 4.92. The summed E-state index contributed by atoms with van der Waals surface area (Å²) in [5.74, 6) is 0. The molecule has 0 spiro atoms. The molecule has 4 heteroatoms. The van der Waals surface area contributed by atoms with Crippen LogP contribution in [0.4, 0.5) is 0 Å². The summed E-state index contributed by atoms with van der Waals surface area (Å²) in [6, 6.07) is 0. The Morgan fingerprint density at radius 2 is 1.29 bits per heavy atom. The first kappa shape index (κ1) is 11.5. The molecule has 0 heterocycles. The van der Waals surface area contributed by atoms with E-state index in [0.717, 1.165) is 0 Å². The van der Waals surface area contributed by atoms with Crippen LogP contribution in [0.1, 0.15) is 0 Å². The van der Waals surface area contributed by atoms with Gasteiger partial charge in [-0.3, -0.25) is 0 Å². The average molecular weight is 165 g/mol. The molecule has 0 aromatic rings. The number of halogens is 1. The Kier molecular flexibility index (Phi) is 9.63. The topological polar surface area (TPSA) is 23.1 Å². The van der Waals surface area contributed by atoms with Gasteiger partial charge in [-0.05, 0) is 0 Å². The van der Waals surface area contributed by atoms with Crippen LogP contribution in [-0.4, -0.2) is 37.9 Å². The minimum absolute atomic E-state index is 0.486. The maximum atomic E-state index is 7.72. The van der Waals surface area contributed by atoms with Crippen LogP contribution in [0, 0.1) is 0 Å². The van der Waals surface area contributed by atoms with Gasteiger partial charge in [-0.2, -0.15) is 0 Å². The molecule has 1 nitrogen and oxygen atoms in total. The first-order chi connectivity index (χ1) is 3.00. The molecule has 0 aliphatic heterocycles. The van der Waals surface area contributed by atoms with E-state index in [9.17, 15) is 0 Å². The van der Waals surface area contributed by atoms with Gasteiger partial charge in [0, 0.05) is 0 Å². The Hall–Kier alpha value is 1.73. The van der Waals surface area contributed by atoms with Crippen LogP contribution in [0.25, 0.3) is 0 Å². The normalized spacial score (nSPS) is 9.57. The van der Waals surface area contributed by atoms with E-state index < -0.39 is 3.21 Å². The zero-order valence-electron chi connectivity index (χ0n) is 4.99. The van der Waals surface area contributed by atoms with E-state index in [1.165, 1.54) is 34.7 Å². The smallest absolute Gasteiger partial charge is 0.231 e. The fraction of sp³-hybridized carbons (Fsp3) is 1.00. The zero-order valence-corrected chi connectivity index (χ0v) is 8.96. The van der Waals surface area contributed by atoms with E-state index in [1.807, 2.05) is 0 Å². The number of rotatable bonds is 0. The molecule has 0 amide bonds. The fourth-order valence-corrected chi connectivity index (χ4v) is 0. The molecule has 40 valence electrons. The number of hydrogen-bond donors (Lipinski definition) is 0. The van der Waals surface area contributed by atoms with Gasteiger partial charge in [-0.25, -0.2) is 11.9 Å². The van der Waals surface area contributed by atoms with Crippen molar-refractivity contribution in [2.75, 3.05) is 0 Å². The van der Waals surface area contributed by atoms with E-state index >= 15 is 0 Å². The molecule has 0 aliphatic carbocycles. The molecule has 7 heavy (non-hydrogen) atoms. The first-order valence-electron chi connectivity index (χ1n) is 2.01. The summed E-state index contributed by atoms with van der Waals surface area (Å²) in [7, 11) is 0. The third-order valence-electron chi connectivity index (χ3n) is 0. The predicted octanol–water partition coefficient (Wildman–Crippen LogP) is 0.490. The third kappa shape index (κ3) is 85.0. The van der Waals surface area contributed by atoms with Crippen molar-refractivity contribution in [2.24, 2.45) is 0 Å².